The molecule has 0 radical (unpaired) electrons. The maximum atomic E-state index is 11.2. The zero-order chi connectivity index (χ0) is 14.3. The molecule has 20 heavy (non-hydrogen) atoms. The second-order valence-corrected chi connectivity index (χ2v) is 5.14. The van der Waals surface area contributed by atoms with Crippen LogP contribution in [0.3, 0.4) is 0 Å². The fourth-order valence-corrected chi connectivity index (χ4v) is 2.59. The number of nitrogens with zero attached hydrogens (tertiary/aromatic N) is 4. The van der Waals surface area contributed by atoms with Crippen molar-refractivity contribution in [1.29, 1.82) is 0 Å². The maximum Gasteiger partial charge on any atom is 0.372 e. The zero-order valence-electron chi connectivity index (χ0n) is 10.7. The van der Waals surface area contributed by atoms with Crippen LogP contribution in [0.15, 0.2) is 22.2 Å². The van der Waals surface area contributed by atoms with Crippen molar-refractivity contribution in [2.75, 3.05) is 5.32 Å². The van der Waals surface area contributed by atoms with Crippen LogP contribution in [0.5, 0.6) is 0 Å². The van der Waals surface area contributed by atoms with Crippen LogP contribution in [0.2, 0.25) is 0 Å². The number of nitrogens with one attached hydrogen (secondary N) is 1. The Morgan fingerprint density at radius 2 is 2.40 bits per heavy atom. The van der Waals surface area contributed by atoms with Crippen LogP contribution in [-0.4, -0.2) is 19.3 Å². The molecule has 0 aliphatic rings. The summed E-state index contributed by atoms with van der Waals surface area (Å²) in [7, 11) is 0. The first-order valence-corrected chi connectivity index (χ1v) is 6.73. The number of hydrogen-bond donors (Lipinski definition) is 1. The Kier molecular flexibility index (Phi) is 2.90. The zero-order valence-corrected chi connectivity index (χ0v) is 11.5. The first-order valence-electron chi connectivity index (χ1n) is 5.85. The van der Waals surface area contributed by atoms with Crippen molar-refractivity contribution in [1.82, 2.24) is 14.4 Å². The summed E-state index contributed by atoms with van der Waals surface area (Å²) in [5.41, 5.74) is 0. The Labute approximate surface area is 117 Å². The Hall–Kier alpha value is -2.42. The molecule has 3 rings (SSSR count). The van der Waals surface area contributed by atoms with Crippen LogP contribution in [0.4, 0.5) is 11.6 Å². The number of rotatable bonds is 4. The van der Waals surface area contributed by atoms with Gasteiger partial charge in [-0.05, 0) is 18.8 Å². The van der Waals surface area contributed by atoms with Crippen LogP contribution in [-0.2, 0) is 0 Å². The van der Waals surface area contributed by atoms with Gasteiger partial charge in [0, 0.05) is 5.38 Å². The van der Waals surface area contributed by atoms with Crippen LogP contribution in [0, 0.1) is 17.0 Å². The summed E-state index contributed by atoms with van der Waals surface area (Å²) in [5.74, 6) is 1.28. The summed E-state index contributed by atoms with van der Waals surface area (Å²) in [6.07, 6.45) is 3.23. The molecule has 0 bridgehead atoms. The number of aromatic nitrogens is 3. The molecule has 1 unspecified atom stereocenters. The largest absolute Gasteiger partial charge is 0.444 e. The molecule has 1 N–H and O–H groups in total. The molecule has 3 aromatic rings. The second-order valence-electron chi connectivity index (χ2n) is 4.27. The summed E-state index contributed by atoms with van der Waals surface area (Å²) >= 11 is 1.34. The number of aryl methyl sites for hydroxylation is 1. The minimum Gasteiger partial charge on any atom is -0.444 e. The molecule has 8 nitrogen and oxygen atoms in total. The molecule has 3 heterocycles. The summed E-state index contributed by atoms with van der Waals surface area (Å²) in [6, 6.07) is -0.313. The maximum absolute atomic E-state index is 11.2. The Bertz CT molecular complexity index is 774. The lowest BCUT2D eigenvalue weighted by molar-refractivity contribution is -0.389. The number of anilines is 1. The summed E-state index contributed by atoms with van der Waals surface area (Å²) in [5, 5.41) is 15.9. The van der Waals surface area contributed by atoms with E-state index in [2.05, 4.69) is 15.3 Å². The average Bonchev–Trinajstić information content (AvgIpc) is 3.03. The Morgan fingerprint density at radius 1 is 1.60 bits per heavy atom. The molecule has 0 spiro atoms. The number of nitro groups is 1. The molecule has 0 saturated carbocycles. The molecule has 0 aromatic carbocycles. The lowest BCUT2D eigenvalue weighted by Crippen LogP contribution is -2.09. The van der Waals surface area contributed by atoms with E-state index in [0.717, 1.165) is 0 Å². The average molecular weight is 293 g/mol. The van der Waals surface area contributed by atoms with Gasteiger partial charge in [0.05, 0.1) is 6.20 Å². The van der Waals surface area contributed by atoms with E-state index in [0.29, 0.717) is 16.6 Å². The lowest BCUT2D eigenvalue weighted by Gasteiger charge is -2.08. The van der Waals surface area contributed by atoms with Gasteiger partial charge in [0.1, 0.15) is 18.0 Å². The van der Waals surface area contributed by atoms with E-state index < -0.39 is 4.92 Å². The van der Waals surface area contributed by atoms with Crippen LogP contribution >= 0.6 is 11.3 Å². The number of hydrogen-bond acceptors (Lipinski definition) is 7. The molecule has 0 aliphatic heterocycles. The number of oxazole rings is 1. The second kappa shape index (κ2) is 4.60. The standard InChI is InChI=1S/C11H11N5O3S/c1-6-5-12-9(19-6)7(2)13-8-10(16(17)18)15-3-4-20-11(15)14-8/h3-5,7,13H,1-2H3. The SMILES string of the molecule is Cc1cnc(C(C)Nc2nc3sccn3c2[N+](=O)[O-])o1. The van der Waals surface area contributed by atoms with E-state index in [-0.39, 0.29) is 17.7 Å². The van der Waals surface area contributed by atoms with Crippen molar-refractivity contribution in [3.05, 3.63) is 39.5 Å². The van der Waals surface area contributed by atoms with Gasteiger partial charge in [-0.15, -0.1) is 0 Å². The van der Waals surface area contributed by atoms with Gasteiger partial charge < -0.3 is 19.8 Å². The lowest BCUT2D eigenvalue weighted by atomic mass is 10.3. The van der Waals surface area contributed by atoms with Crippen LogP contribution in [0.25, 0.3) is 4.96 Å². The van der Waals surface area contributed by atoms with Crippen molar-refractivity contribution in [3.63, 3.8) is 0 Å². The van der Waals surface area contributed by atoms with Gasteiger partial charge >= 0.3 is 5.82 Å². The molecule has 0 fully saturated rings. The summed E-state index contributed by atoms with van der Waals surface area (Å²) in [6.45, 7) is 3.60. The smallest absolute Gasteiger partial charge is 0.372 e. The third-order valence-electron chi connectivity index (χ3n) is 2.77. The molecule has 3 aromatic heterocycles. The van der Waals surface area contributed by atoms with Crippen molar-refractivity contribution in [2.24, 2.45) is 0 Å². The van der Waals surface area contributed by atoms with Gasteiger partial charge in [-0.3, -0.25) is 0 Å². The molecule has 0 aliphatic carbocycles. The molecule has 0 amide bonds. The number of imidazole rings is 1. The molecule has 1 atom stereocenters. The monoisotopic (exact) mass is 293 g/mol. The van der Waals surface area contributed by atoms with E-state index in [9.17, 15) is 10.1 Å². The first-order chi connectivity index (χ1) is 9.56. The minimum atomic E-state index is -0.456. The summed E-state index contributed by atoms with van der Waals surface area (Å²) < 4.78 is 6.84. The van der Waals surface area contributed by atoms with E-state index in [1.54, 1.807) is 24.7 Å². The van der Waals surface area contributed by atoms with Crippen molar-refractivity contribution in [3.8, 4) is 0 Å². The quantitative estimate of drug-likeness (QED) is 0.586. The fourth-order valence-electron chi connectivity index (χ4n) is 1.88. The molecular weight excluding hydrogens is 282 g/mol. The third-order valence-corrected chi connectivity index (χ3v) is 3.53. The van der Waals surface area contributed by atoms with Gasteiger partial charge in [0.15, 0.2) is 0 Å². The Morgan fingerprint density at radius 3 is 3.05 bits per heavy atom. The van der Waals surface area contributed by atoms with Gasteiger partial charge in [0.25, 0.3) is 4.96 Å². The highest BCUT2D eigenvalue weighted by Crippen LogP contribution is 2.30. The topological polar surface area (TPSA) is 98.5 Å². The highest BCUT2D eigenvalue weighted by Gasteiger charge is 2.25. The van der Waals surface area contributed by atoms with Crippen LogP contribution < -0.4 is 5.32 Å². The van der Waals surface area contributed by atoms with Crippen molar-refractivity contribution >= 4 is 27.9 Å². The predicted molar refractivity (Wildman–Crippen MR) is 73.0 cm³/mol. The van der Waals surface area contributed by atoms with Gasteiger partial charge in [-0.1, -0.05) is 11.3 Å². The van der Waals surface area contributed by atoms with E-state index in [4.69, 9.17) is 4.42 Å². The molecule has 0 saturated heterocycles. The van der Waals surface area contributed by atoms with Gasteiger partial charge in [-0.2, -0.15) is 9.38 Å². The normalized spacial score (nSPS) is 12.7. The highest BCUT2D eigenvalue weighted by molar-refractivity contribution is 7.15. The van der Waals surface area contributed by atoms with Gasteiger partial charge in [-0.25, -0.2) is 4.98 Å². The predicted octanol–water partition coefficient (Wildman–Crippen LogP) is 2.77. The number of thiazole rings is 1. The third kappa shape index (κ3) is 2.01. The fraction of sp³-hybridized carbons (Fsp3) is 0.273. The molecule has 9 heteroatoms. The molecule has 104 valence electrons. The van der Waals surface area contributed by atoms with Crippen LogP contribution in [0.1, 0.15) is 24.6 Å². The van der Waals surface area contributed by atoms with Gasteiger partial charge in [0.2, 0.25) is 11.7 Å². The van der Waals surface area contributed by atoms with E-state index >= 15 is 0 Å². The van der Waals surface area contributed by atoms with Crippen molar-refractivity contribution in [2.45, 2.75) is 19.9 Å². The highest BCUT2D eigenvalue weighted by atomic mass is 32.1. The summed E-state index contributed by atoms with van der Waals surface area (Å²) in [4.78, 5) is 19.6. The van der Waals surface area contributed by atoms with Crippen molar-refractivity contribution < 1.29 is 9.34 Å². The Balaban J connectivity index is 1.96. The van der Waals surface area contributed by atoms with E-state index in [1.165, 1.54) is 15.7 Å². The minimum absolute atomic E-state index is 0.0867. The van der Waals surface area contributed by atoms with E-state index in [1.807, 2.05) is 6.92 Å². The molecular formula is C11H11N5O3S. The number of fused-ring (bicyclic) bond motifs is 1. The first kappa shape index (κ1) is 12.6.